The van der Waals surface area contributed by atoms with Crippen LogP contribution in [0.2, 0.25) is 0 Å². The molecule has 0 rings (SSSR count). The van der Waals surface area contributed by atoms with Crippen LogP contribution in [0.15, 0.2) is 0 Å². The van der Waals surface area contributed by atoms with Crippen molar-refractivity contribution in [1.82, 2.24) is 4.90 Å². The summed E-state index contributed by atoms with van der Waals surface area (Å²) in [4.78, 5) is 23.2. The first-order chi connectivity index (χ1) is 11.4. The fraction of sp³-hybridized carbons (Fsp3) is 0.889. The van der Waals surface area contributed by atoms with E-state index >= 15 is 0 Å². The molecule has 0 aromatic heterocycles. The summed E-state index contributed by atoms with van der Waals surface area (Å²) in [5.41, 5.74) is 0. The predicted molar refractivity (Wildman–Crippen MR) is 96.1 cm³/mol. The van der Waals surface area contributed by atoms with Crippen LogP contribution in [0.1, 0.15) is 72.6 Å². The average molecular weight is 347 g/mol. The molecule has 1 atom stereocenters. The van der Waals surface area contributed by atoms with E-state index in [1.807, 2.05) is 6.92 Å². The summed E-state index contributed by atoms with van der Waals surface area (Å²) < 4.78 is 4.65. The van der Waals surface area contributed by atoms with Crippen LogP contribution in [-0.2, 0) is 14.3 Å². The molecule has 144 valence electrons. The zero-order valence-electron chi connectivity index (χ0n) is 15.9. The van der Waals surface area contributed by atoms with Gasteiger partial charge in [0.15, 0.2) is 0 Å². The SMILES string of the molecule is CCCCN(CCCC)CCC(=O)O.CCCCOC(=O)C(C)O. The number of esters is 1. The van der Waals surface area contributed by atoms with E-state index in [-0.39, 0.29) is 6.42 Å². The van der Waals surface area contributed by atoms with Gasteiger partial charge in [0.2, 0.25) is 0 Å². The Morgan fingerprint density at radius 3 is 1.83 bits per heavy atom. The number of hydrogen-bond acceptors (Lipinski definition) is 5. The number of aliphatic carboxylic acids is 1. The number of aliphatic hydroxyl groups is 1. The molecule has 6 heteroatoms. The van der Waals surface area contributed by atoms with Gasteiger partial charge in [-0.15, -0.1) is 0 Å². The van der Waals surface area contributed by atoms with Crippen LogP contribution < -0.4 is 0 Å². The monoisotopic (exact) mass is 347 g/mol. The van der Waals surface area contributed by atoms with Crippen molar-refractivity contribution in [3.05, 3.63) is 0 Å². The van der Waals surface area contributed by atoms with E-state index in [0.29, 0.717) is 13.2 Å². The molecule has 0 spiro atoms. The third-order valence-corrected chi connectivity index (χ3v) is 3.38. The first kappa shape index (κ1) is 25.1. The molecule has 0 fully saturated rings. The van der Waals surface area contributed by atoms with Crippen LogP contribution in [0.4, 0.5) is 0 Å². The maximum absolute atomic E-state index is 10.5. The topological polar surface area (TPSA) is 87.1 Å². The molecule has 6 nitrogen and oxygen atoms in total. The number of carbonyl (C=O) groups excluding carboxylic acids is 1. The standard InChI is InChI=1S/C11H23NO2.C7H14O3/c1-3-5-8-12(9-6-4-2)10-7-11(13)14;1-3-4-5-10-7(9)6(2)8/h3-10H2,1-2H3,(H,13,14);6,8H,3-5H2,1-2H3. The lowest BCUT2D eigenvalue weighted by Crippen LogP contribution is -2.28. The zero-order chi connectivity index (χ0) is 18.8. The summed E-state index contributed by atoms with van der Waals surface area (Å²) in [6, 6.07) is 0. The molecule has 0 radical (unpaired) electrons. The largest absolute Gasteiger partial charge is 0.481 e. The quantitative estimate of drug-likeness (QED) is 0.393. The van der Waals surface area contributed by atoms with Crippen molar-refractivity contribution in [2.45, 2.75) is 78.7 Å². The number of hydrogen-bond donors (Lipinski definition) is 2. The Balaban J connectivity index is 0. The lowest BCUT2D eigenvalue weighted by molar-refractivity contribution is -0.152. The molecule has 0 aromatic carbocycles. The first-order valence-electron chi connectivity index (χ1n) is 9.17. The highest BCUT2D eigenvalue weighted by atomic mass is 16.5. The van der Waals surface area contributed by atoms with E-state index in [1.165, 1.54) is 32.6 Å². The number of carboxylic acids is 1. The lowest BCUT2D eigenvalue weighted by atomic mass is 10.2. The molecular formula is C18H37NO5. The molecule has 0 aliphatic heterocycles. The maximum Gasteiger partial charge on any atom is 0.334 e. The van der Waals surface area contributed by atoms with Crippen LogP contribution in [0, 0.1) is 0 Å². The molecule has 0 saturated heterocycles. The minimum atomic E-state index is -0.989. The maximum atomic E-state index is 10.5. The van der Waals surface area contributed by atoms with Gasteiger partial charge in [-0.05, 0) is 39.3 Å². The number of nitrogens with zero attached hydrogens (tertiary/aromatic N) is 1. The van der Waals surface area contributed by atoms with Crippen LogP contribution in [0.5, 0.6) is 0 Å². The number of aliphatic hydroxyl groups excluding tert-OH is 1. The summed E-state index contributed by atoms with van der Waals surface area (Å²) in [7, 11) is 0. The molecule has 0 heterocycles. The summed E-state index contributed by atoms with van der Waals surface area (Å²) in [6.45, 7) is 10.9. The molecular weight excluding hydrogens is 310 g/mol. The lowest BCUT2D eigenvalue weighted by Gasteiger charge is -2.20. The number of rotatable bonds is 13. The van der Waals surface area contributed by atoms with E-state index in [9.17, 15) is 9.59 Å². The van der Waals surface area contributed by atoms with Crippen LogP contribution in [0.3, 0.4) is 0 Å². The van der Waals surface area contributed by atoms with Crippen LogP contribution in [0.25, 0.3) is 0 Å². The number of carboxylic acid groups (broad SMARTS) is 1. The Morgan fingerprint density at radius 1 is 0.958 bits per heavy atom. The van der Waals surface area contributed by atoms with Gasteiger partial charge in [-0.25, -0.2) is 4.79 Å². The molecule has 24 heavy (non-hydrogen) atoms. The highest BCUT2D eigenvalue weighted by Gasteiger charge is 2.08. The van der Waals surface area contributed by atoms with E-state index in [1.54, 1.807) is 0 Å². The van der Waals surface area contributed by atoms with Gasteiger partial charge in [-0.2, -0.15) is 0 Å². The molecule has 0 aromatic rings. The van der Waals surface area contributed by atoms with Crippen molar-refractivity contribution in [3.63, 3.8) is 0 Å². The van der Waals surface area contributed by atoms with E-state index < -0.39 is 18.0 Å². The van der Waals surface area contributed by atoms with Gasteiger partial charge in [0.25, 0.3) is 0 Å². The van der Waals surface area contributed by atoms with Crippen molar-refractivity contribution in [2.24, 2.45) is 0 Å². The summed E-state index contributed by atoms with van der Waals surface area (Å²) in [5.74, 6) is -1.23. The minimum Gasteiger partial charge on any atom is -0.481 e. The van der Waals surface area contributed by atoms with Gasteiger partial charge in [-0.3, -0.25) is 4.79 Å². The zero-order valence-corrected chi connectivity index (χ0v) is 15.9. The Hall–Kier alpha value is -1.14. The Bertz CT molecular complexity index is 300. The molecule has 0 bridgehead atoms. The van der Waals surface area contributed by atoms with Crippen molar-refractivity contribution >= 4 is 11.9 Å². The second-order valence-corrected chi connectivity index (χ2v) is 5.89. The van der Waals surface area contributed by atoms with Crippen molar-refractivity contribution in [1.29, 1.82) is 0 Å². The summed E-state index contributed by atoms with van der Waals surface area (Å²) >= 11 is 0. The number of ether oxygens (including phenoxy) is 1. The summed E-state index contributed by atoms with van der Waals surface area (Å²) in [6.07, 6.45) is 5.83. The minimum absolute atomic E-state index is 0.271. The smallest absolute Gasteiger partial charge is 0.334 e. The second kappa shape index (κ2) is 18.2. The molecule has 2 N–H and O–H groups in total. The van der Waals surface area contributed by atoms with Gasteiger partial charge in [0, 0.05) is 6.54 Å². The Kier molecular flexibility index (Phi) is 19.0. The average Bonchev–Trinajstić information content (AvgIpc) is 2.54. The van der Waals surface area contributed by atoms with Crippen LogP contribution >= 0.6 is 0 Å². The van der Waals surface area contributed by atoms with Crippen molar-refractivity contribution < 1.29 is 24.5 Å². The van der Waals surface area contributed by atoms with Crippen LogP contribution in [-0.4, -0.2) is 59.4 Å². The fourth-order valence-electron chi connectivity index (χ4n) is 1.79. The molecule has 0 amide bonds. The predicted octanol–water partition coefficient (Wildman–Crippen LogP) is 3.07. The molecule has 0 saturated carbocycles. The molecule has 0 aliphatic rings. The summed E-state index contributed by atoms with van der Waals surface area (Å²) in [5, 5.41) is 17.2. The first-order valence-corrected chi connectivity index (χ1v) is 9.17. The molecule has 1 unspecified atom stereocenters. The third-order valence-electron chi connectivity index (χ3n) is 3.38. The van der Waals surface area contributed by atoms with E-state index in [0.717, 1.165) is 25.9 Å². The Morgan fingerprint density at radius 2 is 1.46 bits per heavy atom. The van der Waals surface area contributed by atoms with Crippen molar-refractivity contribution in [3.8, 4) is 0 Å². The third kappa shape index (κ3) is 18.9. The highest BCUT2D eigenvalue weighted by Crippen LogP contribution is 2.00. The van der Waals surface area contributed by atoms with Gasteiger partial charge >= 0.3 is 11.9 Å². The molecule has 0 aliphatic carbocycles. The normalized spacial score (nSPS) is 11.6. The Labute approximate surface area is 147 Å². The highest BCUT2D eigenvalue weighted by molar-refractivity contribution is 5.73. The van der Waals surface area contributed by atoms with E-state index in [4.69, 9.17) is 10.2 Å². The van der Waals surface area contributed by atoms with E-state index in [2.05, 4.69) is 23.5 Å². The van der Waals surface area contributed by atoms with Gasteiger partial charge in [0.1, 0.15) is 6.10 Å². The fourth-order valence-corrected chi connectivity index (χ4v) is 1.79. The van der Waals surface area contributed by atoms with Crippen molar-refractivity contribution in [2.75, 3.05) is 26.2 Å². The van der Waals surface area contributed by atoms with Gasteiger partial charge in [-0.1, -0.05) is 40.0 Å². The van der Waals surface area contributed by atoms with Gasteiger partial charge < -0.3 is 19.8 Å². The number of unbranched alkanes of at least 4 members (excludes halogenated alkanes) is 3. The van der Waals surface area contributed by atoms with Gasteiger partial charge in [0.05, 0.1) is 13.0 Å². The number of carbonyl (C=O) groups is 2. The second-order valence-electron chi connectivity index (χ2n) is 5.89.